The van der Waals surface area contributed by atoms with Crippen molar-refractivity contribution in [3.8, 4) is 0 Å². The molecule has 2 heterocycles. The average Bonchev–Trinajstić information content (AvgIpc) is 2.70. The maximum Gasteiger partial charge on any atom is 0.493 e. The zero-order valence-electron chi connectivity index (χ0n) is 8.24. The van der Waals surface area contributed by atoms with Crippen molar-refractivity contribution in [2.75, 3.05) is 0 Å². The summed E-state index contributed by atoms with van der Waals surface area (Å²) in [6.07, 6.45) is -4.28. The molecule has 2 aromatic heterocycles. The lowest BCUT2D eigenvalue weighted by Crippen LogP contribution is -2.45. The van der Waals surface area contributed by atoms with E-state index in [0.29, 0.717) is 0 Å². The predicted molar refractivity (Wildman–Crippen MR) is 48.6 cm³/mol. The number of alkyl halides is 3. The maximum absolute atomic E-state index is 11.9. The van der Waals surface area contributed by atoms with Crippen LogP contribution in [0.25, 0.3) is 11.2 Å². The molecule has 8 nitrogen and oxygen atoms in total. The van der Waals surface area contributed by atoms with Crippen molar-refractivity contribution in [3.05, 3.63) is 27.2 Å². The van der Waals surface area contributed by atoms with Gasteiger partial charge in [0.1, 0.15) is 0 Å². The topological polar surface area (TPSA) is 110 Å². The summed E-state index contributed by atoms with van der Waals surface area (Å²) in [7, 11) is 0. The monoisotopic (exact) mass is 264 g/mol. The van der Waals surface area contributed by atoms with Gasteiger partial charge < -0.3 is 9.82 Å². The van der Waals surface area contributed by atoms with Gasteiger partial charge in [0.05, 0.1) is 6.33 Å². The van der Waals surface area contributed by atoms with Gasteiger partial charge in [-0.05, 0) is 0 Å². The lowest BCUT2D eigenvalue weighted by atomic mass is 10.5. The highest BCUT2D eigenvalue weighted by molar-refractivity contribution is 5.76. The number of nitrogens with zero attached hydrogens (tertiary/aromatic N) is 2. The summed E-state index contributed by atoms with van der Waals surface area (Å²) in [5, 5.41) is 0. The Hall–Kier alpha value is -2.59. The minimum atomic E-state index is -5.32. The molecular weight excluding hydrogens is 261 g/mol. The van der Waals surface area contributed by atoms with Crippen LogP contribution in [0.1, 0.15) is 0 Å². The number of nitrogens with one attached hydrogen (secondary N) is 2. The standard InChI is InChI=1S/C7H3F3N4O4/c8-7(9,10)5(16)18-14-4(15)2-3(12-1-11-2)13-6(14)17/h1H,(H,11,12)(H,13,17). The fourth-order valence-electron chi connectivity index (χ4n) is 1.12. The minimum Gasteiger partial charge on any atom is -0.339 e. The van der Waals surface area contributed by atoms with Crippen molar-refractivity contribution in [1.82, 2.24) is 19.7 Å². The first kappa shape index (κ1) is 11.9. The van der Waals surface area contributed by atoms with Gasteiger partial charge in [-0.25, -0.2) is 14.6 Å². The van der Waals surface area contributed by atoms with Gasteiger partial charge in [-0.1, -0.05) is 4.73 Å². The molecule has 2 aromatic rings. The quantitative estimate of drug-likeness (QED) is 0.681. The lowest BCUT2D eigenvalue weighted by molar-refractivity contribution is -0.200. The van der Waals surface area contributed by atoms with Crippen molar-refractivity contribution in [1.29, 1.82) is 0 Å². The normalized spacial score (nSPS) is 11.7. The van der Waals surface area contributed by atoms with Crippen molar-refractivity contribution < 1.29 is 22.8 Å². The predicted octanol–water partition coefficient (Wildman–Crippen LogP) is -1.07. The molecule has 0 amide bonds. The molecule has 0 aliphatic carbocycles. The molecule has 0 radical (unpaired) electrons. The molecule has 0 aromatic carbocycles. The van der Waals surface area contributed by atoms with Crippen LogP contribution in [0.4, 0.5) is 13.2 Å². The van der Waals surface area contributed by atoms with Crippen LogP contribution in [0.3, 0.4) is 0 Å². The molecule has 0 atom stereocenters. The van der Waals surface area contributed by atoms with Gasteiger partial charge in [0, 0.05) is 0 Å². The number of imidazole rings is 1. The number of fused-ring (bicyclic) bond motifs is 1. The number of aromatic nitrogens is 4. The van der Waals surface area contributed by atoms with E-state index in [2.05, 4.69) is 14.8 Å². The van der Waals surface area contributed by atoms with Crippen molar-refractivity contribution in [3.63, 3.8) is 0 Å². The molecule has 0 aliphatic rings. The van der Waals surface area contributed by atoms with Gasteiger partial charge in [-0.15, -0.1) is 0 Å². The number of H-pyrrole nitrogens is 2. The number of hydrogen-bond donors (Lipinski definition) is 2. The molecule has 96 valence electrons. The summed E-state index contributed by atoms with van der Waals surface area (Å²) < 4.78 is 35.5. The molecule has 0 saturated carbocycles. The molecule has 0 bridgehead atoms. The second-order valence-electron chi connectivity index (χ2n) is 3.03. The summed E-state index contributed by atoms with van der Waals surface area (Å²) in [4.78, 5) is 44.7. The Balaban J connectivity index is 2.55. The Bertz CT molecular complexity index is 725. The highest BCUT2D eigenvalue weighted by Gasteiger charge is 2.42. The summed E-state index contributed by atoms with van der Waals surface area (Å²) in [6, 6.07) is 0. The summed E-state index contributed by atoms with van der Waals surface area (Å²) in [6.45, 7) is 0. The van der Waals surface area contributed by atoms with Crippen molar-refractivity contribution >= 4 is 17.1 Å². The third kappa shape index (κ3) is 1.85. The first-order valence-electron chi connectivity index (χ1n) is 4.28. The summed E-state index contributed by atoms with van der Waals surface area (Å²) >= 11 is 0. The third-order valence-corrected chi connectivity index (χ3v) is 1.85. The van der Waals surface area contributed by atoms with E-state index in [1.807, 2.05) is 4.98 Å². The number of hydrogen-bond acceptors (Lipinski definition) is 5. The molecule has 0 spiro atoms. The van der Waals surface area contributed by atoms with Crippen LogP contribution in [-0.2, 0) is 4.79 Å². The van der Waals surface area contributed by atoms with Gasteiger partial charge in [-0.3, -0.25) is 9.78 Å². The van der Waals surface area contributed by atoms with Crippen LogP contribution in [0.5, 0.6) is 0 Å². The molecule has 0 aliphatic heterocycles. The second kappa shape index (κ2) is 3.72. The SMILES string of the molecule is O=C(On1c(=O)[nH]c2nc[nH]c2c1=O)C(F)(F)F. The Morgan fingerprint density at radius 2 is 2.06 bits per heavy atom. The minimum absolute atomic E-state index is 0.163. The number of aromatic amines is 2. The van der Waals surface area contributed by atoms with E-state index in [1.165, 1.54) is 0 Å². The molecule has 18 heavy (non-hydrogen) atoms. The van der Waals surface area contributed by atoms with E-state index >= 15 is 0 Å². The highest BCUT2D eigenvalue weighted by atomic mass is 19.4. The summed E-state index contributed by atoms with van der Waals surface area (Å²) in [5.74, 6) is -2.69. The molecule has 2 N–H and O–H groups in total. The first-order valence-corrected chi connectivity index (χ1v) is 4.28. The lowest BCUT2D eigenvalue weighted by Gasteiger charge is -2.06. The van der Waals surface area contributed by atoms with E-state index in [9.17, 15) is 27.6 Å². The van der Waals surface area contributed by atoms with E-state index in [4.69, 9.17) is 0 Å². The number of halogens is 3. The van der Waals surface area contributed by atoms with Crippen LogP contribution in [0.15, 0.2) is 15.9 Å². The fraction of sp³-hybridized carbons (Fsp3) is 0.143. The number of carbonyl (C=O) groups is 1. The number of carbonyl (C=O) groups excluding carboxylic acids is 1. The van der Waals surface area contributed by atoms with E-state index in [-0.39, 0.29) is 15.9 Å². The zero-order valence-corrected chi connectivity index (χ0v) is 8.24. The Morgan fingerprint density at radius 1 is 1.39 bits per heavy atom. The van der Waals surface area contributed by atoms with Crippen molar-refractivity contribution in [2.24, 2.45) is 0 Å². The molecular formula is C7H3F3N4O4. The third-order valence-electron chi connectivity index (χ3n) is 1.85. The fourth-order valence-corrected chi connectivity index (χ4v) is 1.12. The highest BCUT2D eigenvalue weighted by Crippen LogP contribution is 2.14. The molecule has 0 saturated heterocycles. The van der Waals surface area contributed by atoms with Gasteiger partial charge in [0.2, 0.25) is 0 Å². The molecule has 0 unspecified atom stereocenters. The molecule has 0 fully saturated rings. The van der Waals surface area contributed by atoms with Gasteiger partial charge >= 0.3 is 23.4 Å². The Morgan fingerprint density at radius 3 is 2.67 bits per heavy atom. The van der Waals surface area contributed by atoms with Crippen molar-refractivity contribution in [2.45, 2.75) is 6.18 Å². The largest absolute Gasteiger partial charge is 0.493 e. The van der Waals surface area contributed by atoms with Crippen LogP contribution in [-0.4, -0.2) is 31.8 Å². The molecule has 11 heteroatoms. The van der Waals surface area contributed by atoms with E-state index < -0.39 is 23.4 Å². The molecule has 2 rings (SSSR count). The van der Waals surface area contributed by atoms with Gasteiger partial charge in [-0.2, -0.15) is 13.2 Å². The van der Waals surface area contributed by atoms with E-state index in [0.717, 1.165) is 6.33 Å². The van der Waals surface area contributed by atoms with Crippen LogP contribution in [0, 0.1) is 0 Å². The van der Waals surface area contributed by atoms with Gasteiger partial charge in [0.25, 0.3) is 0 Å². The summed E-state index contributed by atoms with van der Waals surface area (Å²) in [5.41, 5.74) is -3.07. The smallest absolute Gasteiger partial charge is 0.339 e. The van der Waals surface area contributed by atoms with Crippen LogP contribution in [0.2, 0.25) is 0 Å². The second-order valence-corrected chi connectivity index (χ2v) is 3.03. The van der Waals surface area contributed by atoms with Crippen LogP contribution >= 0.6 is 0 Å². The Labute approximate surface area is 94.0 Å². The van der Waals surface area contributed by atoms with Gasteiger partial charge in [0.15, 0.2) is 11.2 Å². The zero-order chi connectivity index (χ0) is 13.5. The number of rotatable bonds is 1. The first-order chi connectivity index (χ1) is 8.30. The van der Waals surface area contributed by atoms with Crippen LogP contribution < -0.4 is 16.1 Å². The van der Waals surface area contributed by atoms with E-state index in [1.54, 1.807) is 0 Å². The average molecular weight is 264 g/mol. The maximum atomic E-state index is 11.9. The Kier molecular flexibility index (Phi) is 2.45.